The smallest absolute Gasteiger partial charge is 0.325 e. The molecule has 0 atom stereocenters. The molecule has 8 nitrogen and oxygen atoms in total. The molecular weight excluding hydrogens is 424 g/mol. The molecule has 1 aliphatic heterocycles. The van der Waals surface area contributed by atoms with Crippen LogP contribution in [0.5, 0.6) is 11.5 Å². The fraction of sp³-hybridized carbons (Fsp3) is 0.320. The SMILES string of the molecule is COc1ccc(C(=O)NCC(=O)OCC(=O)/C=C2/N(C)c3ccccc3C2(C)C)cc1OC. The number of allylic oxidation sites excluding steroid dienone is 1. The first-order valence-electron chi connectivity index (χ1n) is 10.4. The van der Waals surface area contributed by atoms with Crippen LogP contribution in [0.3, 0.4) is 0 Å². The summed E-state index contributed by atoms with van der Waals surface area (Å²) in [6, 6.07) is 12.6. The average Bonchev–Trinajstić information content (AvgIpc) is 3.01. The Balaban J connectivity index is 1.54. The minimum absolute atomic E-state index is 0.298. The Bertz CT molecular complexity index is 1110. The number of ketones is 1. The van der Waals surface area contributed by atoms with Crippen LogP contribution in [0.4, 0.5) is 5.69 Å². The van der Waals surface area contributed by atoms with Crippen LogP contribution in [-0.4, -0.2) is 52.1 Å². The van der Waals surface area contributed by atoms with Crippen molar-refractivity contribution in [3.63, 3.8) is 0 Å². The number of anilines is 1. The van der Waals surface area contributed by atoms with E-state index in [9.17, 15) is 14.4 Å². The molecule has 0 unspecified atom stereocenters. The number of carbonyl (C=O) groups excluding carboxylic acids is 3. The molecule has 2 aromatic carbocycles. The molecule has 33 heavy (non-hydrogen) atoms. The minimum Gasteiger partial charge on any atom is -0.493 e. The molecule has 0 radical (unpaired) electrons. The number of nitrogens with zero attached hydrogens (tertiary/aromatic N) is 1. The monoisotopic (exact) mass is 452 g/mol. The van der Waals surface area contributed by atoms with Gasteiger partial charge in [0.25, 0.3) is 5.91 Å². The molecule has 1 amide bonds. The van der Waals surface area contributed by atoms with Gasteiger partial charge in [0.15, 0.2) is 23.9 Å². The maximum Gasteiger partial charge on any atom is 0.325 e. The van der Waals surface area contributed by atoms with Crippen LogP contribution in [0.25, 0.3) is 0 Å². The summed E-state index contributed by atoms with van der Waals surface area (Å²) in [5, 5.41) is 2.47. The van der Waals surface area contributed by atoms with E-state index in [4.69, 9.17) is 14.2 Å². The van der Waals surface area contributed by atoms with Crippen molar-refractivity contribution in [2.75, 3.05) is 39.3 Å². The van der Waals surface area contributed by atoms with Crippen molar-refractivity contribution in [3.05, 3.63) is 65.4 Å². The number of likely N-dealkylation sites (N-methyl/N-ethyl adjacent to an activating group) is 1. The Morgan fingerprint density at radius 1 is 1.03 bits per heavy atom. The number of fused-ring (bicyclic) bond motifs is 1. The van der Waals surface area contributed by atoms with Crippen LogP contribution < -0.4 is 19.7 Å². The zero-order valence-electron chi connectivity index (χ0n) is 19.4. The normalized spacial score (nSPS) is 15.1. The van der Waals surface area contributed by atoms with E-state index in [1.807, 2.05) is 50.1 Å². The van der Waals surface area contributed by atoms with Gasteiger partial charge in [0.2, 0.25) is 0 Å². The highest BCUT2D eigenvalue weighted by atomic mass is 16.5. The topological polar surface area (TPSA) is 94.2 Å². The van der Waals surface area contributed by atoms with Gasteiger partial charge in [-0.15, -0.1) is 0 Å². The third kappa shape index (κ3) is 5.00. The fourth-order valence-corrected chi connectivity index (χ4v) is 3.89. The molecule has 2 aromatic rings. The third-order valence-electron chi connectivity index (χ3n) is 5.65. The molecular formula is C25H28N2O6. The van der Waals surface area contributed by atoms with E-state index in [0.717, 1.165) is 16.9 Å². The Morgan fingerprint density at radius 3 is 2.39 bits per heavy atom. The third-order valence-corrected chi connectivity index (χ3v) is 5.65. The standard InChI is InChI=1S/C25H28N2O6/c1-25(2)18-8-6-7-9-19(18)27(3)22(25)13-17(28)15-33-23(29)14-26-24(30)16-10-11-20(31-4)21(12-16)32-5/h6-13H,14-15H2,1-5H3,(H,26,30)/b22-13+. The van der Waals surface area contributed by atoms with Crippen molar-refractivity contribution >= 4 is 23.3 Å². The van der Waals surface area contributed by atoms with Gasteiger partial charge < -0.3 is 24.4 Å². The minimum atomic E-state index is -0.710. The number of esters is 1. The van der Waals surface area contributed by atoms with E-state index >= 15 is 0 Å². The molecule has 0 aromatic heterocycles. The number of hydrogen-bond donors (Lipinski definition) is 1. The number of rotatable bonds is 8. The Kier molecular flexibility index (Phi) is 7.06. The zero-order chi connectivity index (χ0) is 24.2. The first kappa shape index (κ1) is 23.8. The fourth-order valence-electron chi connectivity index (χ4n) is 3.89. The largest absolute Gasteiger partial charge is 0.493 e. The van der Waals surface area contributed by atoms with Crippen LogP contribution >= 0.6 is 0 Å². The Labute approximate surface area is 193 Å². The zero-order valence-corrected chi connectivity index (χ0v) is 19.4. The Morgan fingerprint density at radius 2 is 1.73 bits per heavy atom. The van der Waals surface area contributed by atoms with E-state index in [2.05, 4.69) is 5.32 Å². The van der Waals surface area contributed by atoms with Crippen molar-refractivity contribution in [3.8, 4) is 11.5 Å². The molecule has 0 aliphatic carbocycles. The second-order valence-electron chi connectivity index (χ2n) is 8.11. The first-order valence-corrected chi connectivity index (χ1v) is 10.4. The van der Waals surface area contributed by atoms with Crippen molar-refractivity contribution in [1.29, 1.82) is 0 Å². The van der Waals surface area contributed by atoms with E-state index in [0.29, 0.717) is 17.1 Å². The molecule has 1 aliphatic rings. The quantitative estimate of drug-likeness (QED) is 0.486. The van der Waals surface area contributed by atoms with Crippen molar-refractivity contribution in [2.24, 2.45) is 0 Å². The summed E-state index contributed by atoms with van der Waals surface area (Å²) in [6.07, 6.45) is 1.51. The van der Waals surface area contributed by atoms with Gasteiger partial charge in [-0.05, 0) is 29.8 Å². The van der Waals surface area contributed by atoms with Crippen molar-refractivity contribution < 1.29 is 28.6 Å². The van der Waals surface area contributed by atoms with Crippen LogP contribution in [0.1, 0.15) is 29.8 Å². The molecule has 1 N–H and O–H groups in total. The molecule has 0 fully saturated rings. The van der Waals surface area contributed by atoms with Gasteiger partial charge in [-0.1, -0.05) is 32.0 Å². The summed E-state index contributed by atoms with van der Waals surface area (Å²) in [6.45, 7) is 3.32. The van der Waals surface area contributed by atoms with Gasteiger partial charge in [0.05, 0.1) is 14.2 Å². The molecule has 1 heterocycles. The van der Waals surface area contributed by atoms with Crippen LogP contribution in [-0.2, 0) is 19.7 Å². The summed E-state index contributed by atoms with van der Waals surface area (Å²) in [5.74, 6) is -0.641. The molecule has 3 rings (SSSR count). The average molecular weight is 453 g/mol. The molecule has 0 saturated carbocycles. The van der Waals surface area contributed by atoms with Crippen molar-refractivity contribution in [1.82, 2.24) is 5.32 Å². The summed E-state index contributed by atoms with van der Waals surface area (Å²) < 4.78 is 15.4. The van der Waals surface area contributed by atoms with E-state index in [1.54, 1.807) is 12.1 Å². The van der Waals surface area contributed by atoms with Gasteiger partial charge in [-0.25, -0.2) is 0 Å². The number of hydrogen-bond acceptors (Lipinski definition) is 7. The lowest BCUT2D eigenvalue weighted by Crippen LogP contribution is -2.31. The van der Waals surface area contributed by atoms with Crippen molar-refractivity contribution in [2.45, 2.75) is 19.3 Å². The highest BCUT2D eigenvalue weighted by Crippen LogP contribution is 2.46. The number of carbonyl (C=O) groups is 3. The molecule has 0 bridgehead atoms. The van der Waals surface area contributed by atoms with E-state index < -0.39 is 18.5 Å². The van der Waals surface area contributed by atoms with Crippen LogP contribution in [0.15, 0.2) is 54.2 Å². The molecule has 174 valence electrons. The predicted octanol–water partition coefficient (Wildman–Crippen LogP) is 2.86. The highest BCUT2D eigenvalue weighted by Gasteiger charge is 2.38. The number of ether oxygens (including phenoxy) is 3. The van der Waals surface area contributed by atoms with Gasteiger partial charge in [0, 0.05) is 35.5 Å². The second-order valence-corrected chi connectivity index (χ2v) is 8.11. The van der Waals surface area contributed by atoms with Gasteiger partial charge in [0.1, 0.15) is 6.54 Å². The summed E-state index contributed by atoms with van der Waals surface area (Å²) in [5.41, 5.74) is 2.94. The second kappa shape index (κ2) is 9.77. The lowest BCUT2D eigenvalue weighted by Gasteiger charge is -2.23. The molecule has 0 spiro atoms. The number of benzene rings is 2. The molecule has 8 heteroatoms. The molecule has 0 saturated heterocycles. The summed E-state index contributed by atoms with van der Waals surface area (Å²) >= 11 is 0. The van der Waals surface area contributed by atoms with E-state index in [-0.39, 0.29) is 17.7 Å². The summed E-state index contributed by atoms with van der Waals surface area (Å²) in [4.78, 5) is 38.8. The highest BCUT2D eigenvalue weighted by molar-refractivity contribution is 5.97. The van der Waals surface area contributed by atoms with Crippen LogP contribution in [0.2, 0.25) is 0 Å². The Hall–Kier alpha value is -3.81. The first-order chi connectivity index (χ1) is 15.7. The maximum absolute atomic E-state index is 12.5. The maximum atomic E-state index is 12.5. The van der Waals surface area contributed by atoms with Gasteiger partial charge in [-0.3, -0.25) is 14.4 Å². The van der Waals surface area contributed by atoms with Gasteiger partial charge in [-0.2, -0.15) is 0 Å². The van der Waals surface area contributed by atoms with E-state index in [1.165, 1.54) is 26.4 Å². The van der Waals surface area contributed by atoms with Gasteiger partial charge >= 0.3 is 5.97 Å². The number of amides is 1. The predicted molar refractivity (Wildman–Crippen MR) is 124 cm³/mol. The number of methoxy groups -OCH3 is 2. The summed E-state index contributed by atoms with van der Waals surface area (Å²) in [7, 11) is 4.87. The number of nitrogens with one attached hydrogen (secondary N) is 1. The van der Waals surface area contributed by atoms with Crippen LogP contribution in [0, 0.1) is 0 Å². The number of para-hydroxylation sites is 1. The lowest BCUT2D eigenvalue weighted by atomic mass is 9.83. The lowest BCUT2D eigenvalue weighted by molar-refractivity contribution is -0.145.